The Bertz CT molecular complexity index is 636. The highest BCUT2D eigenvalue weighted by Crippen LogP contribution is 2.13. The molecule has 2 aromatic rings. The highest BCUT2D eigenvalue weighted by atomic mass is 16.4. The number of nitrogens with two attached hydrogens (primary N) is 2. The van der Waals surface area contributed by atoms with Gasteiger partial charge in [-0.3, -0.25) is 21.3 Å². The number of amides is 1. The topological polar surface area (TPSA) is 170 Å². The summed E-state index contributed by atoms with van der Waals surface area (Å²) >= 11 is 0. The average Bonchev–Trinajstić information content (AvgIpc) is 2.70. The third-order valence-corrected chi connectivity index (χ3v) is 2.90. The van der Waals surface area contributed by atoms with Crippen LogP contribution in [-0.4, -0.2) is 37.4 Å². The van der Waals surface area contributed by atoms with Gasteiger partial charge in [-0.15, -0.1) is 20.4 Å². The Hall–Kier alpha value is -2.98. The van der Waals surface area contributed by atoms with Crippen molar-refractivity contribution in [2.24, 2.45) is 11.7 Å². The van der Waals surface area contributed by atoms with Crippen LogP contribution in [-0.2, 0) is 16.1 Å². The van der Waals surface area contributed by atoms with Gasteiger partial charge in [0.15, 0.2) is 6.33 Å². The summed E-state index contributed by atoms with van der Waals surface area (Å²) in [5.74, 6) is 7.38. The highest BCUT2D eigenvalue weighted by Gasteiger charge is 2.05. The summed E-state index contributed by atoms with van der Waals surface area (Å²) in [6, 6.07) is 7.35. The van der Waals surface area contributed by atoms with E-state index in [1.165, 1.54) is 6.33 Å². The van der Waals surface area contributed by atoms with Crippen molar-refractivity contribution in [3.8, 4) is 11.4 Å². The summed E-state index contributed by atoms with van der Waals surface area (Å²) in [6.45, 7) is 4.39. The molecule has 1 amide bonds. The Morgan fingerprint density at radius 1 is 1.04 bits per heavy atom. The quantitative estimate of drug-likeness (QED) is 0.407. The van der Waals surface area contributed by atoms with Crippen LogP contribution in [0.15, 0.2) is 30.6 Å². The van der Waals surface area contributed by atoms with E-state index in [1.54, 1.807) is 0 Å². The van der Waals surface area contributed by atoms with Gasteiger partial charge in [0.05, 0.1) is 0 Å². The molecule has 0 radical (unpaired) electrons. The van der Waals surface area contributed by atoms with Gasteiger partial charge in [0.25, 0.3) is 0 Å². The summed E-state index contributed by atoms with van der Waals surface area (Å²) in [6.07, 6.45) is 1.81. The summed E-state index contributed by atoms with van der Waals surface area (Å²) in [5.41, 5.74) is 1.71. The lowest BCUT2D eigenvalue weighted by molar-refractivity contribution is -0.137. The van der Waals surface area contributed by atoms with Gasteiger partial charge in [-0.25, -0.2) is 0 Å². The molecule has 0 spiro atoms. The van der Waals surface area contributed by atoms with Crippen LogP contribution in [0, 0.1) is 0 Å². The SMILES string of the molecule is CC.NN.O=C(O)CCCC(=O)NCc1ccc(-c2nncnn2)cc1. The van der Waals surface area contributed by atoms with E-state index in [0.717, 1.165) is 11.1 Å². The van der Waals surface area contributed by atoms with Crippen molar-refractivity contribution in [3.05, 3.63) is 36.2 Å². The van der Waals surface area contributed by atoms with Gasteiger partial charge in [0, 0.05) is 24.9 Å². The maximum Gasteiger partial charge on any atom is 0.303 e. The monoisotopic (exact) mass is 363 g/mol. The first-order valence-corrected chi connectivity index (χ1v) is 8.06. The van der Waals surface area contributed by atoms with E-state index in [2.05, 4.69) is 37.4 Å². The molecule has 0 aliphatic rings. The van der Waals surface area contributed by atoms with E-state index in [1.807, 2.05) is 38.1 Å². The third kappa shape index (κ3) is 9.35. The van der Waals surface area contributed by atoms with Gasteiger partial charge in [0.1, 0.15) is 0 Å². The molecule has 0 bridgehead atoms. The first-order chi connectivity index (χ1) is 12.6. The minimum atomic E-state index is -0.893. The number of rotatable bonds is 7. The molecular weight excluding hydrogens is 338 g/mol. The lowest BCUT2D eigenvalue weighted by Crippen LogP contribution is -2.22. The van der Waals surface area contributed by atoms with E-state index < -0.39 is 5.97 Å². The molecule has 10 nitrogen and oxygen atoms in total. The summed E-state index contributed by atoms with van der Waals surface area (Å²) < 4.78 is 0. The molecule has 1 aromatic heterocycles. The third-order valence-electron chi connectivity index (χ3n) is 2.90. The molecule has 0 aliphatic heterocycles. The van der Waals surface area contributed by atoms with E-state index in [4.69, 9.17) is 5.11 Å². The Labute approximate surface area is 152 Å². The van der Waals surface area contributed by atoms with E-state index >= 15 is 0 Å². The standard InChI is InChI=1S/C14H15N5O3.C2H6.H4N2/c20-12(2-1-3-13(21)22)15-8-10-4-6-11(7-5-10)14-18-16-9-17-19-14;2*1-2/h4-7,9H,1-3,8H2,(H,15,20)(H,21,22);1-2H3;1-2H2. The molecule has 0 fully saturated rings. The Kier molecular flexibility index (Phi) is 12.7. The number of carbonyl (C=O) groups excluding carboxylic acids is 1. The molecule has 2 rings (SSSR count). The number of nitrogens with one attached hydrogen (secondary N) is 1. The second kappa shape index (κ2) is 14.4. The summed E-state index contributed by atoms with van der Waals surface area (Å²) in [7, 11) is 0. The molecule has 6 N–H and O–H groups in total. The molecule has 1 aromatic carbocycles. The predicted molar refractivity (Wildman–Crippen MR) is 96.1 cm³/mol. The minimum absolute atomic E-state index is 0.00125. The predicted octanol–water partition coefficient (Wildman–Crippen LogP) is 0.650. The second-order valence-electron chi connectivity index (χ2n) is 4.59. The summed E-state index contributed by atoms with van der Waals surface area (Å²) in [4.78, 5) is 21.9. The highest BCUT2D eigenvalue weighted by molar-refractivity contribution is 5.76. The van der Waals surface area contributed by atoms with E-state index in [0.29, 0.717) is 18.8 Å². The van der Waals surface area contributed by atoms with Gasteiger partial charge >= 0.3 is 5.97 Å². The molecular formula is C16H25N7O3. The van der Waals surface area contributed by atoms with Crippen LogP contribution < -0.4 is 17.0 Å². The maximum atomic E-state index is 11.5. The number of hydrogen-bond donors (Lipinski definition) is 4. The van der Waals surface area contributed by atoms with Crippen molar-refractivity contribution in [2.45, 2.75) is 39.7 Å². The normalized spacial score (nSPS) is 9.08. The molecule has 0 aliphatic carbocycles. The van der Waals surface area contributed by atoms with Crippen LogP contribution in [0.5, 0.6) is 0 Å². The number of aromatic nitrogens is 4. The molecule has 26 heavy (non-hydrogen) atoms. The van der Waals surface area contributed by atoms with E-state index in [9.17, 15) is 9.59 Å². The number of benzene rings is 1. The molecule has 10 heteroatoms. The Morgan fingerprint density at radius 2 is 1.62 bits per heavy atom. The Morgan fingerprint density at radius 3 is 2.15 bits per heavy atom. The van der Waals surface area contributed by atoms with Crippen LogP contribution in [0.1, 0.15) is 38.7 Å². The number of hydrazine groups is 1. The fourth-order valence-electron chi connectivity index (χ4n) is 1.78. The molecule has 142 valence electrons. The van der Waals surface area contributed by atoms with Gasteiger partial charge in [-0.1, -0.05) is 38.1 Å². The fourth-order valence-corrected chi connectivity index (χ4v) is 1.78. The molecule has 0 saturated heterocycles. The second-order valence-corrected chi connectivity index (χ2v) is 4.59. The zero-order valence-electron chi connectivity index (χ0n) is 14.9. The number of nitrogens with zero attached hydrogens (tertiary/aromatic N) is 4. The van der Waals surface area contributed by atoms with Crippen molar-refractivity contribution in [3.63, 3.8) is 0 Å². The van der Waals surface area contributed by atoms with Gasteiger partial charge < -0.3 is 10.4 Å². The largest absolute Gasteiger partial charge is 0.481 e. The number of hydrogen-bond acceptors (Lipinski definition) is 8. The Balaban J connectivity index is 0.00000146. The number of carbonyl (C=O) groups is 2. The maximum absolute atomic E-state index is 11.5. The minimum Gasteiger partial charge on any atom is -0.481 e. The van der Waals surface area contributed by atoms with Crippen LogP contribution in [0.4, 0.5) is 0 Å². The molecule has 0 unspecified atom stereocenters. The molecule has 0 atom stereocenters. The average molecular weight is 363 g/mol. The van der Waals surface area contributed by atoms with Crippen LogP contribution >= 0.6 is 0 Å². The molecule has 1 heterocycles. The number of aliphatic carboxylic acids is 1. The van der Waals surface area contributed by atoms with Gasteiger partial charge in [-0.2, -0.15) is 0 Å². The smallest absolute Gasteiger partial charge is 0.303 e. The lowest BCUT2D eigenvalue weighted by Gasteiger charge is -2.05. The van der Waals surface area contributed by atoms with Gasteiger partial charge in [0.2, 0.25) is 11.7 Å². The van der Waals surface area contributed by atoms with Crippen molar-refractivity contribution < 1.29 is 14.7 Å². The summed E-state index contributed by atoms with van der Waals surface area (Å²) in [5, 5.41) is 26.3. The van der Waals surface area contributed by atoms with Crippen LogP contribution in [0.3, 0.4) is 0 Å². The van der Waals surface area contributed by atoms with Crippen molar-refractivity contribution in [1.82, 2.24) is 25.7 Å². The fraction of sp³-hybridized carbons (Fsp3) is 0.375. The molecule has 0 saturated carbocycles. The van der Waals surface area contributed by atoms with Gasteiger partial charge in [-0.05, 0) is 12.0 Å². The first kappa shape index (κ1) is 23.0. The zero-order valence-corrected chi connectivity index (χ0v) is 14.9. The zero-order chi connectivity index (χ0) is 19.8. The van der Waals surface area contributed by atoms with Crippen molar-refractivity contribution in [2.75, 3.05) is 0 Å². The van der Waals surface area contributed by atoms with E-state index in [-0.39, 0.29) is 18.7 Å². The lowest BCUT2D eigenvalue weighted by atomic mass is 10.1. The van der Waals surface area contributed by atoms with Crippen molar-refractivity contribution in [1.29, 1.82) is 0 Å². The van der Waals surface area contributed by atoms with Crippen molar-refractivity contribution >= 4 is 11.9 Å². The van der Waals surface area contributed by atoms with Crippen LogP contribution in [0.2, 0.25) is 0 Å². The number of carboxylic acids is 1. The number of carboxylic acid groups (broad SMARTS) is 1. The van der Waals surface area contributed by atoms with Crippen LogP contribution in [0.25, 0.3) is 11.4 Å². The first-order valence-electron chi connectivity index (χ1n) is 8.06.